The highest BCUT2D eigenvalue weighted by Crippen LogP contribution is 2.40. The molecule has 0 amide bonds. The number of ether oxygens (including phenoxy) is 1. The number of esters is 1. The van der Waals surface area contributed by atoms with Crippen LogP contribution in [0.4, 0.5) is 0 Å². The number of dihydropyridines is 1. The highest BCUT2D eigenvalue weighted by Gasteiger charge is 2.37. The molecule has 1 atom stereocenters. The van der Waals surface area contributed by atoms with Crippen molar-refractivity contribution < 1.29 is 14.6 Å². The molecular weight excluding hydrogens is 300 g/mol. The van der Waals surface area contributed by atoms with Crippen molar-refractivity contribution in [2.24, 2.45) is 0 Å². The molecule has 0 fully saturated rings. The molecule has 2 rings (SSSR count). The zero-order valence-corrected chi connectivity index (χ0v) is 13.7. The lowest BCUT2D eigenvalue weighted by atomic mass is 9.86. The molecule has 5 nitrogen and oxygen atoms in total. The molecule has 6 heteroatoms. The molecule has 0 bridgehead atoms. The standard InChI is InChI=1S/C16H18N2O3S/c1-9-12(15(20)21-16(2,3)4)13(11-6-5-7-22-11)10(8-17)14(19)18-9/h5-7,13,18-19H,1-4H3/t13-/m0/s1. The normalized spacial score (nSPS) is 18.8. The summed E-state index contributed by atoms with van der Waals surface area (Å²) < 4.78 is 5.46. The minimum absolute atomic E-state index is 0.119. The molecule has 116 valence electrons. The van der Waals surface area contributed by atoms with Gasteiger partial charge in [0.15, 0.2) is 0 Å². The fourth-order valence-electron chi connectivity index (χ4n) is 2.27. The predicted octanol–water partition coefficient (Wildman–Crippen LogP) is 3.34. The second-order valence-corrected chi connectivity index (χ2v) is 6.97. The first-order valence-electron chi connectivity index (χ1n) is 6.82. The molecule has 0 radical (unpaired) electrons. The van der Waals surface area contributed by atoms with Crippen LogP contribution in [-0.4, -0.2) is 16.7 Å². The summed E-state index contributed by atoms with van der Waals surface area (Å²) in [5.41, 5.74) is 0.324. The van der Waals surface area contributed by atoms with E-state index in [9.17, 15) is 15.2 Å². The van der Waals surface area contributed by atoms with Crippen molar-refractivity contribution in [3.05, 3.63) is 45.1 Å². The molecule has 2 N–H and O–H groups in total. The van der Waals surface area contributed by atoms with Gasteiger partial charge in [-0.3, -0.25) is 0 Å². The van der Waals surface area contributed by atoms with Crippen molar-refractivity contribution in [2.75, 3.05) is 0 Å². The third-order valence-electron chi connectivity index (χ3n) is 3.11. The zero-order chi connectivity index (χ0) is 16.5. The Balaban J connectivity index is 2.52. The zero-order valence-electron chi connectivity index (χ0n) is 12.9. The summed E-state index contributed by atoms with van der Waals surface area (Å²) in [4.78, 5) is 13.4. The molecule has 1 aliphatic rings. The van der Waals surface area contributed by atoms with E-state index < -0.39 is 17.5 Å². The maximum atomic E-state index is 12.6. The van der Waals surface area contributed by atoms with Gasteiger partial charge in [-0.25, -0.2) is 4.79 Å². The Morgan fingerprint density at radius 3 is 2.68 bits per heavy atom. The quantitative estimate of drug-likeness (QED) is 0.817. The van der Waals surface area contributed by atoms with Crippen molar-refractivity contribution >= 4 is 17.3 Å². The fourth-order valence-corrected chi connectivity index (χ4v) is 3.11. The Labute approximate surface area is 133 Å². The number of nitrogens with one attached hydrogen (secondary N) is 1. The molecule has 2 heterocycles. The Bertz CT molecular complexity index is 688. The topological polar surface area (TPSA) is 82.4 Å². The summed E-state index contributed by atoms with van der Waals surface area (Å²) in [7, 11) is 0. The van der Waals surface area contributed by atoms with Gasteiger partial charge in [0, 0.05) is 10.6 Å². The van der Waals surface area contributed by atoms with E-state index in [1.807, 2.05) is 23.6 Å². The maximum absolute atomic E-state index is 12.6. The highest BCUT2D eigenvalue weighted by molar-refractivity contribution is 7.10. The van der Waals surface area contributed by atoms with E-state index in [0.29, 0.717) is 11.3 Å². The lowest BCUT2D eigenvalue weighted by molar-refractivity contribution is -0.150. The van der Waals surface area contributed by atoms with Crippen LogP contribution in [0, 0.1) is 11.3 Å². The van der Waals surface area contributed by atoms with Crippen molar-refractivity contribution in [1.82, 2.24) is 5.32 Å². The number of aliphatic hydroxyl groups excluding tert-OH is 1. The average molecular weight is 318 g/mol. The van der Waals surface area contributed by atoms with Gasteiger partial charge in [-0.15, -0.1) is 11.3 Å². The van der Waals surface area contributed by atoms with Crippen LogP contribution in [0.3, 0.4) is 0 Å². The van der Waals surface area contributed by atoms with E-state index in [1.165, 1.54) is 11.3 Å². The van der Waals surface area contributed by atoms with Crippen LogP contribution >= 0.6 is 11.3 Å². The van der Waals surface area contributed by atoms with Crippen LogP contribution in [-0.2, 0) is 9.53 Å². The van der Waals surface area contributed by atoms with E-state index in [0.717, 1.165) is 4.88 Å². The van der Waals surface area contributed by atoms with Gasteiger partial charge in [-0.05, 0) is 39.1 Å². The SMILES string of the molecule is CC1=C(C(=O)OC(C)(C)C)[C@H](c2cccs2)C(C#N)=C(O)N1. The molecule has 1 aromatic heterocycles. The van der Waals surface area contributed by atoms with Gasteiger partial charge in [0.2, 0.25) is 5.88 Å². The van der Waals surface area contributed by atoms with E-state index in [4.69, 9.17) is 4.74 Å². The number of nitrogens with zero attached hydrogens (tertiary/aromatic N) is 1. The van der Waals surface area contributed by atoms with Gasteiger partial charge in [0.1, 0.15) is 17.2 Å². The summed E-state index contributed by atoms with van der Waals surface area (Å²) >= 11 is 1.43. The number of rotatable bonds is 2. The first-order chi connectivity index (χ1) is 10.2. The van der Waals surface area contributed by atoms with Gasteiger partial charge in [-0.2, -0.15) is 5.26 Å². The van der Waals surface area contributed by atoms with Crippen LogP contribution in [0.2, 0.25) is 0 Å². The van der Waals surface area contributed by atoms with Crippen LogP contribution in [0.25, 0.3) is 0 Å². The maximum Gasteiger partial charge on any atom is 0.337 e. The molecule has 0 saturated carbocycles. The summed E-state index contributed by atoms with van der Waals surface area (Å²) in [5.74, 6) is -1.32. The number of carbonyl (C=O) groups is 1. The lowest BCUT2D eigenvalue weighted by Gasteiger charge is -2.28. The smallest absolute Gasteiger partial charge is 0.337 e. The fraction of sp³-hybridized carbons (Fsp3) is 0.375. The number of hydrogen-bond donors (Lipinski definition) is 2. The summed E-state index contributed by atoms with van der Waals surface area (Å²) in [6.07, 6.45) is 0. The second kappa shape index (κ2) is 5.85. The van der Waals surface area contributed by atoms with Gasteiger partial charge >= 0.3 is 5.97 Å². The van der Waals surface area contributed by atoms with Crippen LogP contribution in [0.15, 0.2) is 40.2 Å². The van der Waals surface area contributed by atoms with E-state index in [1.54, 1.807) is 27.7 Å². The summed E-state index contributed by atoms with van der Waals surface area (Å²) in [5, 5.41) is 23.9. The van der Waals surface area contributed by atoms with Crippen molar-refractivity contribution in [3.8, 4) is 6.07 Å². The molecule has 1 aromatic rings. The average Bonchev–Trinajstić information content (AvgIpc) is 2.88. The molecule has 22 heavy (non-hydrogen) atoms. The summed E-state index contributed by atoms with van der Waals surface area (Å²) in [6.45, 7) is 7.05. The molecule has 1 aliphatic heterocycles. The minimum Gasteiger partial charge on any atom is -0.494 e. The van der Waals surface area contributed by atoms with E-state index >= 15 is 0 Å². The van der Waals surface area contributed by atoms with Gasteiger partial charge in [0.05, 0.1) is 11.5 Å². The Morgan fingerprint density at radius 2 is 2.18 bits per heavy atom. The molecule has 0 unspecified atom stereocenters. The van der Waals surface area contributed by atoms with Crippen molar-refractivity contribution in [1.29, 1.82) is 5.26 Å². The number of carbonyl (C=O) groups excluding carboxylic acids is 1. The van der Waals surface area contributed by atoms with E-state index in [2.05, 4.69) is 5.32 Å². The number of thiophene rings is 1. The lowest BCUT2D eigenvalue weighted by Crippen LogP contribution is -2.32. The summed E-state index contributed by atoms with van der Waals surface area (Å²) in [6, 6.07) is 5.67. The van der Waals surface area contributed by atoms with Gasteiger partial charge < -0.3 is 15.2 Å². The molecule has 0 spiro atoms. The first-order valence-corrected chi connectivity index (χ1v) is 7.70. The molecular formula is C16H18N2O3S. The molecule has 0 aromatic carbocycles. The van der Waals surface area contributed by atoms with Crippen LogP contribution < -0.4 is 5.32 Å². The van der Waals surface area contributed by atoms with Crippen LogP contribution in [0.5, 0.6) is 0 Å². The Morgan fingerprint density at radius 1 is 1.50 bits per heavy atom. The monoisotopic (exact) mass is 318 g/mol. The van der Waals surface area contributed by atoms with E-state index in [-0.39, 0.29) is 11.5 Å². The number of allylic oxidation sites excluding steroid dienone is 2. The molecule has 0 saturated heterocycles. The predicted molar refractivity (Wildman–Crippen MR) is 84.0 cm³/mol. The van der Waals surface area contributed by atoms with Crippen LogP contribution in [0.1, 0.15) is 38.5 Å². The Hall–Kier alpha value is -2.26. The number of nitriles is 1. The van der Waals surface area contributed by atoms with Crippen molar-refractivity contribution in [3.63, 3.8) is 0 Å². The third kappa shape index (κ3) is 3.15. The molecule has 0 aliphatic carbocycles. The number of aliphatic hydroxyl groups is 1. The van der Waals surface area contributed by atoms with Gasteiger partial charge in [-0.1, -0.05) is 6.07 Å². The Kier molecular flexibility index (Phi) is 4.29. The van der Waals surface area contributed by atoms with Crippen molar-refractivity contribution in [2.45, 2.75) is 39.2 Å². The largest absolute Gasteiger partial charge is 0.494 e. The third-order valence-corrected chi connectivity index (χ3v) is 4.05. The minimum atomic E-state index is -0.639. The second-order valence-electron chi connectivity index (χ2n) is 5.99. The highest BCUT2D eigenvalue weighted by atomic mass is 32.1. The first kappa shape index (κ1) is 16.1. The van der Waals surface area contributed by atoms with Gasteiger partial charge in [0.25, 0.3) is 0 Å². The number of hydrogen-bond acceptors (Lipinski definition) is 6.